The van der Waals surface area contributed by atoms with Gasteiger partial charge in [0.1, 0.15) is 5.75 Å². The number of hydrogen-bond donors (Lipinski definition) is 1. The maximum Gasteiger partial charge on any atom is 0.277 e. The molecule has 0 aliphatic rings. The number of hydrogen-bond acceptors (Lipinski definition) is 3. The summed E-state index contributed by atoms with van der Waals surface area (Å²) in [6.45, 7) is 4.20. The molecule has 0 bridgehead atoms. The zero-order chi connectivity index (χ0) is 17.2. The quantitative estimate of drug-likeness (QED) is 0.618. The molecule has 2 aromatic carbocycles. The van der Waals surface area contributed by atoms with E-state index in [-0.39, 0.29) is 12.5 Å². The van der Waals surface area contributed by atoms with E-state index >= 15 is 0 Å². The summed E-state index contributed by atoms with van der Waals surface area (Å²) in [5, 5.41) is 3.84. The Morgan fingerprint density at radius 2 is 1.83 bits per heavy atom. The number of carbonyl (C=O) groups excluding carboxylic acids is 1. The highest BCUT2D eigenvalue weighted by molar-refractivity contribution is 5.81. The average Bonchev–Trinajstić information content (AvgIpc) is 2.61. The SMILES string of the molecule is CC(C)c1ccc(OCC(=O)N/N=C/C=C/c2ccccc2)cc1. The minimum Gasteiger partial charge on any atom is -0.484 e. The van der Waals surface area contributed by atoms with Gasteiger partial charge in [-0.2, -0.15) is 5.10 Å². The Labute approximate surface area is 142 Å². The number of rotatable bonds is 7. The number of hydrazone groups is 1. The molecule has 0 heterocycles. The molecule has 4 nitrogen and oxygen atoms in total. The van der Waals surface area contributed by atoms with E-state index in [0.29, 0.717) is 11.7 Å². The summed E-state index contributed by atoms with van der Waals surface area (Å²) in [7, 11) is 0. The highest BCUT2D eigenvalue weighted by Crippen LogP contribution is 2.18. The first-order valence-corrected chi connectivity index (χ1v) is 7.91. The predicted octanol–water partition coefficient (Wildman–Crippen LogP) is 4.00. The third kappa shape index (κ3) is 6.08. The molecule has 1 amide bonds. The standard InChI is InChI=1S/C20H22N2O2/c1-16(2)18-10-12-19(13-11-18)24-15-20(23)22-21-14-6-9-17-7-4-3-5-8-17/h3-14,16H,15H2,1-2H3,(H,22,23)/b9-6+,21-14+. The Kier molecular flexibility index (Phi) is 6.77. The summed E-state index contributed by atoms with van der Waals surface area (Å²) in [5.41, 5.74) is 4.73. The molecule has 0 aliphatic carbocycles. The van der Waals surface area contributed by atoms with Crippen molar-refractivity contribution >= 4 is 18.2 Å². The van der Waals surface area contributed by atoms with Crippen LogP contribution in [0.5, 0.6) is 5.75 Å². The molecule has 0 saturated carbocycles. The molecule has 2 aromatic rings. The first kappa shape index (κ1) is 17.5. The van der Waals surface area contributed by atoms with E-state index in [0.717, 1.165) is 5.56 Å². The van der Waals surface area contributed by atoms with Crippen LogP contribution in [0.2, 0.25) is 0 Å². The van der Waals surface area contributed by atoms with Gasteiger partial charge in [-0.15, -0.1) is 0 Å². The summed E-state index contributed by atoms with van der Waals surface area (Å²) in [4.78, 5) is 11.7. The van der Waals surface area contributed by atoms with Crippen molar-refractivity contribution in [3.63, 3.8) is 0 Å². The minimum absolute atomic E-state index is 0.0687. The van der Waals surface area contributed by atoms with Crippen LogP contribution >= 0.6 is 0 Å². The molecule has 0 fully saturated rings. The molecule has 1 N–H and O–H groups in total. The molecule has 0 radical (unpaired) electrons. The van der Waals surface area contributed by atoms with Crippen molar-refractivity contribution < 1.29 is 9.53 Å². The normalized spacial score (nSPS) is 11.3. The summed E-state index contributed by atoms with van der Waals surface area (Å²) >= 11 is 0. The molecule has 0 aliphatic heterocycles. The van der Waals surface area contributed by atoms with Gasteiger partial charge in [0, 0.05) is 6.21 Å². The number of nitrogens with one attached hydrogen (secondary N) is 1. The van der Waals surface area contributed by atoms with Crippen molar-refractivity contribution in [3.8, 4) is 5.75 Å². The minimum atomic E-state index is -0.299. The second kappa shape index (κ2) is 9.30. The molecular weight excluding hydrogens is 300 g/mol. The molecule has 124 valence electrons. The summed E-state index contributed by atoms with van der Waals surface area (Å²) in [6, 6.07) is 17.6. The number of amides is 1. The van der Waals surface area contributed by atoms with Crippen molar-refractivity contribution in [2.24, 2.45) is 5.10 Å². The lowest BCUT2D eigenvalue weighted by Gasteiger charge is -2.08. The fraction of sp³-hybridized carbons (Fsp3) is 0.200. The second-order valence-corrected chi connectivity index (χ2v) is 5.60. The summed E-state index contributed by atoms with van der Waals surface area (Å²) < 4.78 is 5.42. The van der Waals surface area contributed by atoms with Crippen LogP contribution in [-0.2, 0) is 4.79 Å². The van der Waals surface area contributed by atoms with Crippen LogP contribution in [0.3, 0.4) is 0 Å². The molecule has 0 spiro atoms. The molecule has 2 rings (SSSR count). The molecule has 24 heavy (non-hydrogen) atoms. The van der Waals surface area contributed by atoms with Gasteiger partial charge in [0.15, 0.2) is 6.61 Å². The lowest BCUT2D eigenvalue weighted by molar-refractivity contribution is -0.123. The first-order valence-electron chi connectivity index (χ1n) is 7.91. The van der Waals surface area contributed by atoms with Gasteiger partial charge in [-0.05, 0) is 35.3 Å². The van der Waals surface area contributed by atoms with Gasteiger partial charge >= 0.3 is 0 Å². The molecule has 0 aromatic heterocycles. The van der Waals surface area contributed by atoms with Crippen LogP contribution in [0.1, 0.15) is 30.9 Å². The summed E-state index contributed by atoms with van der Waals surface area (Å²) in [5.74, 6) is 0.843. The maximum absolute atomic E-state index is 11.7. The zero-order valence-electron chi connectivity index (χ0n) is 14.0. The van der Waals surface area contributed by atoms with Crippen LogP contribution in [0, 0.1) is 0 Å². The number of nitrogens with zero attached hydrogens (tertiary/aromatic N) is 1. The van der Waals surface area contributed by atoms with Gasteiger partial charge in [-0.1, -0.05) is 62.4 Å². The largest absolute Gasteiger partial charge is 0.484 e. The van der Waals surface area contributed by atoms with E-state index in [4.69, 9.17) is 4.74 Å². The highest BCUT2D eigenvalue weighted by Gasteiger charge is 2.02. The van der Waals surface area contributed by atoms with E-state index in [2.05, 4.69) is 24.4 Å². The fourth-order valence-electron chi connectivity index (χ4n) is 2.00. The Balaban J connectivity index is 1.71. The number of ether oxygens (including phenoxy) is 1. The highest BCUT2D eigenvalue weighted by atomic mass is 16.5. The van der Waals surface area contributed by atoms with Gasteiger partial charge in [0.2, 0.25) is 0 Å². The van der Waals surface area contributed by atoms with E-state index in [9.17, 15) is 4.79 Å². The van der Waals surface area contributed by atoms with Crippen molar-refractivity contribution in [3.05, 3.63) is 71.8 Å². The van der Waals surface area contributed by atoms with Crippen molar-refractivity contribution in [2.75, 3.05) is 6.61 Å². The molecule has 0 unspecified atom stereocenters. The number of carbonyl (C=O) groups is 1. The predicted molar refractivity (Wildman–Crippen MR) is 98.1 cm³/mol. The third-order valence-corrected chi connectivity index (χ3v) is 3.35. The Bertz CT molecular complexity index is 689. The van der Waals surface area contributed by atoms with Crippen molar-refractivity contribution in [1.82, 2.24) is 5.43 Å². The average molecular weight is 322 g/mol. The van der Waals surface area contributed by atoms with Gasteiger partial charge in [-0.3, -0.25) is 4.79 Å². The lowest BCUT2D eigenvalue weighted by Crippen LogP contribution is -2.24. The van der Waals surface area contributed by atoms with Crippen LogP contribution < -0.4 is 10.2 Å². The number of allylic oxidation sites excluding steroid dienone is 1. The van der Waals surface area contributed by atoms with Gasteiger partial charge in [0.05, 0.1) is 0 Å². The van der Waals surface area contributed by atoms with Crippen LogP contribution in [0.4, 0.5) is 0 Å². The topological polar surface area (TPSA) is 50.7 Å². The number of benzene rings is 2. The fourth-order valence-corrected chi connectivity index (χ4v) is 2.00. The summed E-state index contributed by atoms with van der Waals surface area (Å²) in [6.07, 6.45) is 5.20. The zero-order valence-corrected chi connectivity index (χ0v) is 14.0. The van der Waals surface area contributed by atoms with E-state index < -0.39 is 0 Å². The lowest BCUT2D eigenvalue weighted by atomic mass is 10.0. The van der Waals surface area contributed by atoms with Crippen molar-refractivity contribution in [2.45, 2.75) is 19.8 Å². The maximum atomic E-state index is 11.7. The molecule has 0 saturated heterocycles. The molecular formula is C20H22N2O2. The van der Waals surface area contributed by atoms with Crippen LogP contribution in [0.25, 0.3) is 6.08 Å². The first-order chi connectivity index (χ1) is 11.6. The smallest absolute Gasteiger partial charge is 0.277 e. The Morgan fingerprint density at radius 3 is 2.50 bits per heavy atom. The molecule has 4 heteroatoms. The van der Waals surface area contributed by atoms with Gasteiger partial charge in [-0.25, -0.2) is 5.43 Å². The van der Waals surface area contributed by atoms with Gasteiger partial charge in [0.25, 0.3) is 5.91 Å². The molecule has 0 atom stereocenters. The van der Waals surface area contributed by atoms with E-state index in [1.54, 1.807) is 6.08 Å². The Morgan fingerprint density at radius 1 is 1.12 bits per heavy atom. The van der Waals surface area contributed by atoms with E-state index in [1.165, 1.54) is 11.8 Å². The van der Waals surface area contributed by atoms with E-state index in [1.807, 2.05) is 60.7 Å². The second-order valence-electron chi connectivity index (χ2n) is 5.60. The van der Waals surface area contributed by atoms with Crippen LogP contribution in [-0.4, -0.2) is 18.7 Å². The van der Waals surface area contributed by atoms with Crippen LogP contribution in [0.15, 0.2) is 65.8 Å². The third-order valence-electron chi connectivity index (χ3n) is 3.35. The van der Waals surface area contributed by atoms with Gasteiger partial charge < -0.3 is 4.74 Å². The monoisotopic (exact) mass is 322 g/mol. The van der Waals surface area contributed by atoms with Crippen molar-refractivity contribution in [1.29, 1.82) is 0 Å². The Hall–Kier alpha value is -2.88.